The molecule has 0 aliphatic rings. The number of hydrogen-bond donors (Lipinski definition) is 1. The first-order valence-corrected chi connectivity index (χ1v) is 8.83. The number of aryl methyl sites for hydroxylation is 1. The van der Waals surface area contributed by atoms with Crippen molar-refractivity contribution in [2.75, 3.05) is 25.3 Å². The van der Waals surface area contributed by atoms with Crippen LogP contribution in [0.3, 0.4) is 0 Å². The standard InChI is InChI=1S/C16H18N6O3S/c1-4-22-15-14(20-21-22)16(18-9-17-15)26-8-13(23)19-11-6-5-10(24-2)7-12(11)25-3/h5-7,9H,4,8H2,1-3H3,(H,19,23). The van der Waals surface area contributed by atoms with Crippen molar-refractivity contribution >= 4 is 34.5 Å². The largest absolute Gasteiger partial charge is 0.497 e. The number of methoxy groups -OCH3 is 2. The predicted molar refractivity (Wildman–Crippen MR) is 97.7 cm³/mol. The molecule has 1 aromatic carbocycles. The SMILES string of the molecule is CCn1nnc2c(SCC(=O)Nc3ccc(OC)cc3OC)ncnc21. The van der Waals surface area contributed by atoms with Gasteiger partial charge in [-0.1, -0.05) is 17.0 Å². The Balaban J connectivity index is 1.69. The number of amides is 1. The molecule has 0 saturated carbocycles. The molecule has 0 spiro atoms. The average molecular weight is 374 g/mol. The van der Waals surface area contributed by atoms with E-state index >= 15 is 0 Å². The van der Waals surface area contributed by atoms with E-state index in [1.807, 2.05) is 6.92 Å². The summed E-state index contributed by atoms with van der Waals surface area (Å²) in [5.74, 6) is 1.16. The van der Waals surface area contributed by atoms with Gasteiger partial charge in [-0.2, -0.15) is 0 Å². The highest BCUT2D eigenvalue weighted by molar-refractivity contribution is 8.00. The molecule has 2 heterocycles. The van der Waals surface area contributed by atoms with Crippen LogP contribution < -0.4 is 14.8 Å². The zero-order valence-electron chi connectivity index (χ0n) is 14.6. The smallest absolute Gasteiger partial charge is 0.234 e. The van der Waals surface area contributed by atoms with Gasteiger partial charge in [0.1, 0.15) is 22.9 Å². The predicted octanol–water partition coefficient (Wildman–Crippen LogP) is 1.99. The number of carbonyl (C=O) groups is 1. The van der Waals surface area contributed by atoms with Crippen LogP contribution in [-0.4, -0.2) is 50.8 Å². The van der Waals surface area contributed by atoms with Crippen LogP contribution in [0.1, 0.15) is 6.92 Å². The summed E-state index contributed by atoms with van der Waals surface area (Å²) >= 11 is 1.28. The van der Waals surface area contributed by atoms with E-state index in [2.05, 4.69) is 25.6 Å². The molecule has 0 radical (unpaired) electrons. The van der Waals surface area contributed by atoms with Crippen LogP contribution in [-0.2, 0) is 11.3 Å². The lowest BCUT2D eigenvalue weighted by atomic mass is 10.2. The van der Waals surface area contributed by atoms with E-state index in [1.54, 1.807) is 30.0 Å². The highest BCUT2D eigenvalue weighted by atomic mass is 32.2. The number of rotatable bonds is 7. The Hall–Kier alpha value is -2.88. The normalized spacial score (nSPS) is 10.7. The maximum atomic E-state index is 12.3. The fourth-order valence-corrected chi connectivity index (χ4v) is 3.04. The quantitative estimate of drug-likeness (QED) is 0.495. The fourth-order valence-electron chi connectivity index (χ4n) is 2.31. The first-order chi connectivity index (χ1) is 12.7. The van der Waals surface area contributed by atoms with Crippen molar-refractivity contribution in [1.82, 2.24) is 25.0 Å². The number of fused-ring (bicyclic) bond motifs is 1. The van der Waals surface area contributed by atoms with Gasteiger partial charge >= 0.3 is 0 Å². The second kappa shape index (κ2) is 8.00. The monoisotopic (exact) mass is 374 g/mol. The molecule has 0 saturated heterocycles. The molecule has 0 aliphatic carbocycles. The van der Waals surface area contributed by atoms with Crippen molar-refractivity contribution in [3.05, 3.63) is 24.5 Å². The third-order valence-corrected chi connectivity index (χ3v) is 4.57. The van der Waals surface area contributed by atoms with Crippen molar-refractivity contribution in [2.45, 2.75) is 18.5 Å². The molecule has 10 heteroatoms. The van der Waals surface area contributed by atoms with Gasteiger partial charge in [0.2, 0.25) is 5.91 Å². The molecule has 1 N–H and O–H groups in total. The van der Waals surface area contributed by atoms with E-state index in [1.165, 1.54) is 25.2 Å². The summed E-state index contributed by atoms with van der Waals surface area (Å²) in [5, 5.41) is 11.6. The second-order valence-electron chi connectivity index (χ2n) is 5.16. The molecule has 3 rings (SSSR count). The molecule has 0 bridgehead atoms. The van der Waals surface area contributed by atoms with E-state index in [9.17, 15) is 4.79 Å². The first-order valence-electron chi connectivity index (χ1n) is 7.85. The van der Waals surface area contributed by atoms with Crippen molar-refractivity contribution in [3.8, 4) is 11.5 Å². The molecule has 9 nitrogen and oxygen atoms in total. The molecule has 0 fully saturated rings. The second-order valence-corrected chi connectivity index (χ2v) is 6.12. The zero-order chi connectivity index (χ0) is 18.5. The van der Waals surface area contributed by atoms with E-state index in [0.717, 1.165) is 0 Å². The van der Waals surface area contributed by atoms with Crippen LogP contribution in [0.25, 0.3) is 11.2 Å². The van der Waals surface area contributed by atoms with Gasteiger partial charge in [-0.05, 0) is 19.1 Å². The fraction of sp³-hybridized carbons (Fsp3) is 0.312. The number of hydrogen-bond acceptors (Lipinski definition) is 8. The zero-order valence-corrected chi connectivity index (χ0v) is 15.4. The van der Waals surface area contributed by atoms with Gasteiger partial charge in [0.25, 0.3) is 0 Å². The molecule has 136 valence electrons. The molecular formula is C16H18N6O3S. The van der Waals surface area contributed by atoms with Crippen molar-refractivity contribution in [2.24, 2.45) is 0 Å². The van der Waals surface area contributed by atoms with Crippen LogP contribution in [0.4, 0.5) is 5.69 Å². The summed E-state index contributed by atoms with van der Waals surface area (Å²) in [5.41, 5.74) is 1.82. The molecule has 3 aromatic rings. The van der Waals surface area contributed by atoms with E-state index in [4.69, 9.17) is 9.47 Å². The van der Waals surface area contributed by atoms with Crippen molar-refractivity contribution < 1.29 is 14.3 Å². The summed E-state index contributed by atoms with van der Waals surface area (Å²) in [4.78, 5) is 20.7. The Bertz CT molecular complexity index is 929. The minimum absolute atomic E-state index is 0.167. The average Bonchev–Trinajstić information content (AvgIpc) is 3.10. The highest BCUT2D eigenvalue weighted by Gasteiger charge is 2.14. The number of nitrogens with zero attached hydrogens (tertiary/aromatic N) is 5. The Morgan fingerprint density at radius 2 is 2.12 bits per heavy atom. The number of ether oxygens (including phenoxy) is 2. The lowest BCUT2D eigenvalue weighted by molar-refractivity contribution is -0.113. The first kappa shape index (κ1) is 17.9. The lowest BCUT2D eigenvalue weighted by Gasteiger charge is -2.11. The molecular weight excluding hydrogens is 356 g/mol. The molecule has 0 atom stereocenters. The highest BCUT2D eigenvalue weighted by Crippen LogP contribution is 2.29. The van der Waals surface area contributed by atoms with Crippen LogP contribution in [0.15, 0.2) is 29.6 Å². The molecule has 26 heavy (non-hydrogen) atoms. The van der Waals surface area contributed by atoms with Gasteiger partial charge in [-0.3, -0.25) is 4.79 Å². The third kappa shape index (κ3) is 3.69. The van der Waals surface area contributed by atoms with Crippen LogP contribution in [0, 0.1) is 0 Å². The number of benzene rings is 1. The van der Waals surface area contributed by atoms with Gasteiger partial charge in [0, 0.05) is 12.6 Å². The van der Waals surface area contributed by atoms with Crippen LogP contribution in [0.2, 0.25) is 0 Å². The van der Waals surface area contributed by atoms with Gasteiger partial charge in [-0.25, -0.2) is 14.6 Å². The van der Waals surface area contributed by atoms with Gasteiger partial charge in [0.15, 0.2) is 11.2 Å². The summed E-state index contributed by atoms with van der Waals surface area (Å²) in [7, 11) is 3.11. The Morgan fingerprint density at radius 3 is 2.85 bits per heavy atom. The lowest BCUT2D eigenvalue weighted by Crippen LogP contribution is -2.15. The van der Waals surface area contributed by atoms with E-state index in [-0.39, 0.29) is 11.7 Å². The van der Waals surface area contributed by atoms with Crippen molar-refractivity contribution in [1.29, 1.82) is 0 Å². The summed E-state index contributed by atoms with van der Waals surface area (Å²) in [6.45, 7) is 2.62. The number of anilines is 1. The Labute approximate surface area is 154 Å². The van der Waals surface area contributed by atoms with Gasteiger partial charge in [0.05, 0.1) is 25.7 Å². The summed E-state index contributed by atoms with van der Waals surface area (Å²) < 4.78 is 12.1. The minimum Gasteiger partial charge on any atom is -0.497 e. The van der Waals surface area contributed by atoms with Crippen molar-refractivity contribution in [3.63, 3.8) is 0 Å². The number of nitrogens with one attached hydrogen (secondary N) is 1. The summed E-state index contributed by atoms with van der Waals surface area (Å²) in [6, 6.07) is 5.19. The topological polar surface area (TPSA) is 104 Å². The number of thioether (sulfide) groups is 1. The number of aromatic nitrogens is 5. The third-order valence-electron chi connectivity index (χ3n) is 3.59. The maximum absolute atomic E-state index is 12.3. The number of carbonyl (C=O) groups excluding carboxylic acids is 1. The van der Waals surface area contributed by atoms with Gasteiger partial charge in [-0.15, -0.1) is 5.10 Å². The molecule has 1 amide bonds. The molecule has 2 aromatic heterocycles. The Morgan fingerprint density at radius 1 is 1.27 bits per heavy atom. The van der Waals surface area contributed by atoms with Crippen LogP contribution >= 0.6 is 11.8 Å². The molecule has 0 aliphatic heterocycles. The minimum atomic E-state index is -0.187. The molecule has 0 unspecified atom stereocenters. The Kier molecular flexibility index (Phi) is 5.52. The summed E-state index contributed by atoms with van der Waals surface area (Å²) in [6.07, 6.45) is 1.45. The van der Waals surface area contributed by atoms with Gasteiger partial charge < -0.3 is 14.8 Å². The van der Waals surface area contributed by atoms with Crippen LogP contribution in [0.5, 0.6) is 11.5 Å². The van der Waals surface area contributed by atoms with E-state index in [0.29, 0.717) is 39.9 Å². The maximum Gasteiger partial charge on any atom is 0.234 e. The van der Waals surface area contributed by atoms with E-state index < -0.39 is 0 Å².